The minimum absolute atomic E-state index is 0.0236. The fourth-order valence-corrected chi connectivity index (χ4v) is 1.37. The van der Waals surface area contributed by atoms with E-state index in [1.807, 2.05) is 0 Å². The average molecular weight is 256 g/mol. The summed E-state index contributed by atoms with van der Waals surface area (Å²) in [4.78, 5) is 12.4. The van der Waals surface area contributed by atoms with E-state index in [1.54, 1.807) is 13.8 Å². The van der Waals surface area contributed by atoms with Crippen LogP contribution in [-0.2, 0) is 9.53 Å². The van der Waals surface area contributed by atoms with E-state index in [-0.39, 0.29) is 19.1 Å². The molecule has 0 spiro atoms. The van der Waals surface area contributed by atoms with E-state index in [1.165, 1.54) is 7.11 Å². The average Bonchev–Trinajstić information content (AvgIpc) is 2.13. The number of amides is 1. The first-order chi connectivity index (χ1) is 7.67. The Morgan fingerprint density at radius 2 is 1.94 bits per heavy atom. The predicted octanol–water partition coefficient (Wildman–Crippen LogP) is 1.01. The molecule has 17 heavy (non-hydrogen) atoms. The van der Waals surface area contributed by atoms with Crippen LogP contribution in [0.15, 0.2) is 0 Å². The highest BCUT2D eigenvalue weighted by Crippen LogP contribution is 2.17. The molecule has 2 N–H and O–H groups in total. The fraction of sp³-hybridized carbons (Fsp3) is 0.900. The summed E-state index contributed by atoms with van der Waals surface area (Å²) in [6.45, 7) is 2.12. The molecule has 1 atom stereocenters. The molecule has 0 saturated carbocycles. The Bertz CT molecular complexity index is 244. The Kier molecular flexibility index (Phi) is 6.48. The summed E-state index contributed by atoms with van der Waals surface area (Å²) in [5.74, 6) is -0.797. The van der Waals surface area contributed by atoms with Gasteiger partial charge in [0.15, 0.2) is 0 Å². The number of methoxy groups -OCH3 is 1. The Balaban J connectivity index is 4.61. The van der Waals surface area contributed by atoms with E-state index in [0.717, 1.165) is 4.90 Å². The van der Waals surface area contributed by atoms with Crippen LogP contribution in [0, 0.1) is 5.92 Å². The van der Waals surface area contributed by atoms with Crippen molar-refractivity contribution in [2.24, 2.45) is 11.7 Å². The van der Waals surface area contributed by atoms with Gasteiger partial charge in [-0.3, -0.25) is 4.79 Å². The molecule has 0 bridgehead atoms. The van der Waals surface area contributed by atoms with Crippen LogP contribution in [0.2, 0.25) is 0 Å². The summed E-state index contributed by atoms with van der Waals surface area (Å²) in [5, 5.41) is 0. The number of carbonyl (C=O) groups is 1. The molecule has 0 aliphatic rings. The van der Waals surface area contributed by atoms with Crippen LogP contribution in [0.3, 0.4) is 0 Å². The number of alkyl halides is 3. The molecular weight excluding hydrogens is 237 g/mol. The fourth-order valence-electron chi connectivity index (χ4n) is 1.37. The molecule has 0 heterocycles. The van der Waals surface area contributed by atoms with Crippen molar-refractivity contribution < 1.29 is 22.7 Å². The van der Waals surface area contributed by atoms with Crippen LogP contribution in [0.5, 0.6) is 0 Å². The Hall–Kier alpha value is -0.820. The van der Waals surface area contributed by atoms with Crippen molar-refractivity contribution in [2.75, 3.05) is 26.8 Å². The molecule has 0 fully saturated rings. The molecule has 0 aromatic heterocycles. The largest absolute Gasteiger partial charge is 0.406 e. The van der Waals surface area contributed by atoms with Crippen molar-refractivity contribution in [1.29, 1.82) is 0 Å². The van der Waals surface area contributed by atoms with Crippen LogP contribution in [0.1, 0.15) is 13.8 Å². The van der Waals surface area contributed by atoms with E-state index in [4.69, 9.17) is 5.73 Å². The number of nitrogens with zero attached hydrogens (tertiary/aromatic N) is 1. The van der Waals surface area contributed by atoms with E-state index < -0.39 is 24.7 Å². The van der Waals surface area contributed by atoms with Crippen molar-refractivity contribution in [3.05, 3.63) is 0 Å². The standard InChI is InChI=1S/C10H19F3N2O2/c1-7(2)4-15(6-10(11,12)13)9(16)8(14)5-17-3/h7-8H,4-6,14H2,1-3H3. The zero-order valence-corrected chi connectivity index (χ0v) is 10.3. The summed E-state index contributed by atoms with van der Waals surface area (Å²) < 4.78 is 41.6. The Labute approximate surface area is 98.9 Å². The summed E-state index contributed by atoms with van der Waals surface area (Å²) in [6.07, 6.45) is -4.42. The zero-order valence-electron chi connectivity index (χ0n) is 10.3. The van der Waals surface area contributed by atoms with Gasteiger partial charge in [0.2, 0.25) is 5.91 Å². The summed E-state index contributed by atoms with van der Waals surface area (Å²) in [6, 6.07) is -1.05. The number of rotatable bonds is 6. The minimum Gasteiger partial charge on any atom is -0.383 e. The first-order valence-electron chi connectivity index (χ1n) is 5.27. The van der Waals surface area contributed by atoms with Crippen molar-refractivity contribution in [1.82, 2.24) is 4.90 Å². The minimum atomic E-state index is -4.42. The molecular formula is C10H19F3N2O2. The Morgan fingerprint density at radius 3 is 2.29 bits per heavy atom. The van der Waals surface area contributed by atoms with Crippen LogP contribution >= 0.6 is 0 Å². The lowest BCUT2D eigenvalue weighted by atomic mass is 10.2. The van der Waals surface area contributed by atoms with Gasteiger partial charge >= 0.3 is 6.18 Å². The lowest BCUT2D eigenvalue weighted by Crippen LogP contribution is -2.50. The van der Waals surface area contributed by atoms with Crippen LogP contribution < -0.4 is 5.73 Å². The number of hydrogen-bond donors (Lipinski definition) is 1. The maximum absolute atomic E-state index is 12.3. The van der Waals surface area contributed by atoms with Gasteiger partial charge in [-0.1, -0.05) is 13.8 Å². The highest BCUT2D eigenvalue weighted by molar-refractivity contribution is 5.81. The van der Waals surface area contributed by atoms with Gasteiger partial charge < -0.3 is 15.4 Å². The van der Waals surface area contributed by atoms with Crippen molar-refractivity contribution in [2.45, 2.75) is 26.1 Å². The van der Waals surface area contributed by atoms with Gasteiger partial charge in [-0.2, -0.15) is 13.2 Å². The van der Waals surface area contributed by atoms with Crippen LogP contribution in [0.4, 0.5) is 13.2 Å². The molecule has 0 aromatic carbocycles. The van der Waals surface area contributed by atoms with Gasteiger partial charge in [-0.25, -0.2) is 0 Å². The van der Waals surface area contributed by atoms with Crippen molar-refractivity contribution in [3.8, 4) is 0 Å². The van der Waals surface area contributed by atoms with E-state index in [2.05, 4.69) is 4.74 Å². The predicted molar refractivity (Wildman–Crippen MR) is 57.3 cm³/mol. The SMILES string of the molecule is COCC(N)C(=O)N(CC(C)C)CC(F)(F)F. The van der Waals surface area contributed by atoms with Crippen LogP contribution in [-0.4, -0.2) is 49.8 Å². The molecule has 0 rings (SSSR count). The van der Waals surface area contributed by atoms with Gasteiger partial charge in [0.1, 0.15) is 12.6 Å². The highest BCUT2D eigenvalue weighted by Gasteiger charge is 2.34. The normalized spacial score (nSPS) is 13.9. The van der Waals surface area contributed by atoms with Crippen LogP contribution in [0.25, 0.3) is 0 Å². The molecule has 0 aliphatic carbocycles. The summed E-state index contributed by atoms with van der Waals surface area (Å²) >= 11 is 0. The zero-order chi connectivity index (χ0) is 13.6. The third kappa shape index (κ3) is 7.17. The molecule has 0 aliphatic heterocycles. The first kappa shape index (κ1) is 16.2. The van der Waals surface area contributed by atoms with Crippen molar-refractivity contribution >= 4 is 5.91 Å². The van der Waals surface area contributed by atoms with E-state index in [0.29, 0.717) is 0 Å². The number of hydrogen-bond acceptors (Lipinski definition) is 3. The topological polar surface area (TPSA) is 55.6 Å². The lowest BCUT2D eigenvalue weighted by Gasteiger charge is -2.27. The molecule has 0 aromatic rings. The van der Waals surface area contributed by atoms with Gasteiger partial charge in [-0.05, 0) is 5.92 Å². The van der Waals surface area contributed by atoms with Gasteiger partial charge in [0.25, 0.3) is 0 Å². The second-order valence-electron chi connectivity index (χ2n) is 4.29. The molecule has 1 unspecified atom stereocenters. The number of nitrogens with two attached hydrogens (primary N) is 1. The third-order valence-electron chi connectivity index (χ3n) is 1.93. The smallest absolute Gasteiger partial charge is 0.383 e. The molecule has 102 valence electrons. The second kappa shape index (κ2) is 6.80. The van der Waals surface area contributed by atoms with Crippen molar-refractivity contribution in [3.63, 3.8) is 0 Å². The quantitative estimate of drug-likeness (QED) is 0.771. The number of carbonyl (C=O) groups excluding carboxylic acids is 1. The molecule has 0 saturated heterocycles. The number of halogens is 3. The maximum atomic E-state index is 12.3. The summed E-state index contributed by atoms with van der Waals surface area (Å²) in [5.41, 5.74) is 5.44. The lowest BCUT2D eigenvalue weighted by molar-refractivity contribution is -0.163. The third-order valence-corrected chi connectivity index (χ3v) is 1.93. The van der Waals surface area contributed by atoms with E-state index >= 15 is 0 Å². The monoisotopic (exact) mass is 256 g/mol. The highest BCUT2D eigenvalue weighted by atomic mass is 19.4. The number of ether oxygens (including phenoxy) is 1. The summed E-state index contributed by atoms with van der Waals surface area (Å²) in [7, 11) is 1.34. The van der Waals surface area contributed by atoms with Gasteiger partial charge in [0.05, 0.1) is 6.61 Å². The Morgan fingerprint density at radius 1 is 1.41 bits per heavy atom. The van der Waals surface area contributed by atoms with Gasteiger partial charge in [0, 0.05) is 13.7 Å². The second-order valence-corrected chi connectivity index (χ2v) is 4.29. The van der Waals surface area contributed by atoms with Gasteiger partial charge in [-0.15, -0.1) is 0 Å². The molecule has 1 amide bonds. The molecule has 7 heteroatoms. The maximum Gasteiger partial charge on any atom is 0.406 e. The van der Waals surface area contributed by atoms with E-state index in [9.17, 15) is 18.0 Å². The molecule has 4 nitrogen and oxygen atoms in total. The molecule has 0 radical (unpaired) electrons. The first-order valence-corrected chi connectivity index (χ1v) is 5.27.